The van der Waals surface area contributed by atoms with Crippen molar-refractivity contribution in [2.45, 2.75) is 32.0 Å². The Morgan fingerprint density at radius 1 is 1.44 bits per heavy atom. The number of aromatic nitrogens is 6. The number of hydrogen-bond acceptors (Lipinski definition) is 5. The summed E-state index contributed by atoms with van der Waals surface area (Å²) in [6.07, 6.45) is 6.35. The van der Waals surface area contributed by atoms with Crippen LogP contribution in [0.5, 0.6) is 0 Å². The van der Waals surface area contributed by atoms with Crippen LogP contribution in [0.1, 0.15) is 30.4 Å². The molecule has 0 aliphatic heterocycles. The molecule has 1 fully saturated rings. The van der Waals surface area contributed by atoms with Crippen molar-refractivity contribution >= 4 is 0 Å². The molecule has 0 unspecified atom stereocenters. The molecule has 0 radical (unpaired) electrons. The van der Waals surface area contributed by atoms with Gasteiger partial charge in [-0.3, -0.25) is 0 Å². The van der Waals surface area contributed by atoms with Crippen molar-refractivity contribution in [1.29, 1.82) is 0 Å². The summed E-state index contributed by atoms with van der Waals surface area (Å²) in [6.45, 7) is 1.40. The molecule has 1 aliphatic rings. The fourth-order valence-corrected chi connectivity index (χ4v) is 1.71. The maximum atomic E-state index is 4.17. The van der Waals surface area contributed by atoms with Crippen molar-refractivity contribution in [2.75, 3.05) is 0 Å². The largest absolute Gasteiger partial charge is 0.330 e. The smallest absolute Gasteiger partial charge is 0.188 e. The molecule has 0 atom stereocenters. The van der Waals surface area contributed by atoms with Crippen LogP contribution in [0.25, 0.3) is 0 Å². The van der Waals surface area contributed by atoms with E-state index in [9.17, 15) is 0 Å². The number of H-pyrrole nitrogens is 1. The van der Waals surface area contributed by atoms with E-state index in [1.807, 2.05) is 12.5 Å². The van der Waals surface area contributed by atoms with E-state index in [0.717, 1.165) is 6.54 Å². The predicted octanol–water partition coefficient (Wildman–Crippen LogP) is 0.0209. The SMILES string of the molecule is c1ncn(C2CC2)c1CNCc1nn[nH]n1. The van der Waals surface area contributed by atoms with Gasteiger partial charge in [-0.15, -0.1) is 10.2 Å². The average Bonchev–Trinajstić information content (AvgIpc) is 2.82. The summed E-state index contributed by atoms with van der Waals surface area (Å²) in [5.41, 5.74) is 1.21. The molecule has 16 heavy (non-hydrogen) atoms. The van der Waals surface area contributed by atoms with Gasteiger partial charge in [0.05, 0.1) is 18.6 Å². The number of nitrogens with zero attached hydrogens (tertiary/aromatic N) is 5. The minimum atomic E-state index is 0.617. The molecule has 7 heteroatoms. The molecule has 1 saturated carbocycles. The van der Waals surface area contributed by atoms with Gasteiger partial charge < -0.3 is 9.88 Å². The summed E-state index contributed by atoms with van der Waals surface area (Å²) in [7, 11) is 0. The third-order valence-electron chi connectivity index (χ3n) is 2.66. The van der Waals surface area contributed by atoms with Gasteiger partial charge in [-0.1, -0.05) is 5.21 Å². The third kappa shape index (κ3) is 1.94. The van der Waals surface area contributed by atoms with Gasteiger partial charge in [-0.25, -0.2) is 4.98 Å². The van der Waals surface area contributed by atoms with Gasteiger partial charge in [0.15, 0.2) is 5.82 Å². The Morgan fingerprint density at radius 2 is 2.38 bits per heavy atom. The second-order valence-electron chi connectivity index (χ2n) is 3.96. The van der Waals surface area contributed by atoms with Crippen molar-refractivity contribution in [3.05, 3.63) is 24.0 Å². The normalized spacial score (nSPS) is 15.5. The van der Waals surface area contributed by atoms with E-state index >= 15 is 0 Å². The van der Waals surface area contributed by atoms with Crippen LogP contribution in [0.15, 0.2) is 12.5 Å². The molecule has 1 aliphatic carbocycles. The minimum absolute atomic E-state index is 0.617. The Balaban J connectivity index is 1.56. The standard InChI is InChI=1S/C9H13N7/c1-2-7(1)16-6-11-4-8(16)3-10-5-9-12-14-15-13-9/h4,6-7,10H,1-3,5H2,(H,12,13,14,15). The molecule has 0 bridgehead atoms. The van der Waals surface area contributed by atoms with E-state index in [1.54, 1.807) is 0 Å². The fourth-order valence-electron chi connectivity index (χ4n) is 1.71. The molecule has 0 saturated heterocycles. The molecule has 0 aromatic carbocycles. The topological polar surface area (TPSA) is 84.3 Å². The quantitative estimate of drug-likeness (QED) is 0.740. The van der Waals surface area contributed by atoms with Crippen molar-refractivity contribution in [3.63, 3.8) is 0 Å². The van der Waals surface area contributed by atoms with Crippen LogP contribution in [0.2, 0.25) is 0 Å². The molecule has 84 valence electrons. The Kier molecular flexibility index (Phi) is 2.37. The maximum Gasteiger partial charge on any atom is 0.188 e. The molecular weight excluding hydrogens is 206 g/mol. The minimum Gasteiger partial charge on any atom is -0.330 e. The van der Waals surface area contributed by atoms with Crippen LogP contribution in [0.4, 0.5) is 0 Å². The molecule has 2 aromatic rings. The van der Waals surface area contributed by atoms with Gasteiger partial charge in [0.1, 0.15) is 0 Å². The van der Waals surface area contributed by atoms with Crippen molar-refractivity contribution in [1.82, 2.24) is 35.5 Å². The van der Waals surface area contributed by atoms with E-state index < -0.39 is 0 Å². The zero-order chi connectivity index (χ0) is 10.8. The highest BCUT2D eigenvalue weighted by Crippen LogP contribution is 2.35. The van der Waals surface area contributed by atoms with Gasteiger partial charge in [-0.05, 0) is 12.8 Å². The number of tetrazole rings is 1. The van der Waals surface area contributed by atoms with E-state index in [2.05, 4.69) is 35.5 Å². The van der Waals surface area contributed by atoms with E-state index in [1.165, 1.54) is 18.5 Å². The summed E-state index contributed by atoms with van der Waals surface area (Å²) in [4.78, 5) is 4.17. The highest BCUT2D eigenvalue weighted by Gasteiger charge is 2.24. The molecule has 0 amide bonds. The number of aromatic amines is 1. The van der Waals surface area contributed by atoms with Crippen LogP contribution in [0, 0.1) is 0 Å². The number of imidazole rings is 1. The highest BCUT2D eigenvalue weighted by molar-refractivity contribution is 5.03. The molecule has 2 heterocycles. The summed E-state index contributed by atoms with van der Waals surface area (Å²) in [5, 5.41) is 16.9. The van der Waals surface area contributed by atoms with E-state index in [0.29, 0.717) is 18.4 Å². The van der Waals surface area contributed by atoms with Gasteiger partial charge in [0.2, 0.25) is 0 Å². The van der Waals surface area contributed by atoms with Crippen molar-refractivity contribution in [3.8, 4) is 0 Å². The highest BCUT2D eigenvalue weighted by atomic mass is 15.5. The lowest BCUT2D eigenvalue weighted by atomic mass is 10.4. The number of rotatable bonds is 5. The monoisotopic (exact) mass is 219 g/mol. The van der Waals surface area contributed by atoms with Crippen LogP contribution in [-0.4, -0.2) is 30.2 Å². The van der Waals surface area contributed by atoms with Crippen molar-refractivity contribution < 1.29 is 0 Å². The lowest BCUT2D eigenvalue weighted by Gasteiger charge is -2.06. The van der Waals surface area contributed by atoms with Gasteiger partial charge in [-0.2, -0.15) is 5.21 Å². The first-order valence-corrected chi connectivity index (χ1v) is 5.37. The molecule has 3 rings (SSSR count). The Morgan fingerprint density at radius 3 is 3.12 bits per heavy atom. The van der Waals surface area contributed by atoms with Crippen molar-refractivity contribution in [2.24, 2.45) is 0 Å². The lowest BCUT2D eigenvalue weighted by molar-refractivity contribution is 0.608. The van der Waals surface area contributed by atoms with Gasteiger partial charge in [0, 0.05) is 18.8 Å². The predicted molar refractivity (Wildman–Crippen MR) is 55.2 cm³/mol. The zero-order valence-electron chi connectivity index (χ0n) is 8.80. The third-order valence-corrected chi connectivity index (χ3v) is 2.66. The average molecular weight is 219 g/mol. The van der Waals surface area contributed by atoms with Crippen LogP contribution >= 0.6 is 0 Å². The van der Waals surface area contributed by atoms with E-state index in [4.69, 9.17) is 0 Å². The van der Waals surface area contributed by atoms with Gasteiger partial charge >= 0.3 is 0 Å². The van der Waals surface area contributed by atoms with E-state index in [-0.39, 0.29) is 0 Å². The van der Waals surface area contributed by atoms with Gasteiger partial charge in [0.25, 0.3) is 0 Å². The second-order valence-corrected chi connectivity index (χ2v) is 3.96. The van der Waals surface area contributed by atoms with Crippen LogP contribution < -0.4 is 5.32 Å². The number of nitrogens with one attached hydrogen (secondary N) is 2. The van der Waals surface area contributed by atoms with Crippen LogP contribution in [-0.2, 0) is 13.1 Å². The zero-order valence-corrected chi connectivity index (χ0v) is 8.80. The van der Waals surface area contributed by atoms with Crippen LogP contribution in [0.3, 0.4) is 0 Å². The first-order chi connectivity index (χ1) is 7.93. The summed E-state index contributed by atoms with van der Waals surface area (Å²) < 4.78 is 2.24. The second kappa shape index (κ2) is 4.01. The fraction of sp³-hybridized carbons (Fsp3) is 0.556. The Bertz CT molecular complexity index is 442. The summed E-state index contributed by atoms with van der Waals surface area (Å²) >= 11 is 0. The first kappa shape index (κ1) is 9.46. The molecular formula is C9H13N7. The Labute approximate surface area is 92.3 Å². The molecule has 7 nitrogen and oxygen atoms in total. The lowest BCUT2D eigenvalue weighted by Crippen LogP contribution is -2.16. The molecule has 2 aromatic heterocycles. The first-order valence-electron chi connectivity index (χ1n) is 5.37. The maximum absolute atomic E-state index is 4.17. The Hall–Kier alpha value is -1.76. The summed E-state index contributed by atoms with van der Waals surface area (Å²) in [6, 6.07) is 0.671. The molecule has 2 N–H and O–H groups in total. The molecule has 0 spiro atoms. The summed E-state index contributed by atoms with van der Waals surface area (Å²) in [5.74, 6) is 0.678. The number of hydrogen-bond donors (Lipinski definition) is 2.